The number of imide groups is 2. The molecule has 1 unspecified atom stereocenters. The maximum Gasteiger partial charge on any atom is 0.331 e. The van der Waals surface area contributed by atoms with Gasteiger partial charge in [-0.2, -0.15) is 0 Å². The first-order valence-corrected chi connectivity index (χ1v) is 7.64. The van der Waals surface area contributed by atoms with Gasteiger partial charge in [-0.25, -0.2) is 4.79 Å². The summed E-state index contributed by atoms with van der Waals surface area (Å²) in [6, 6.07) is 3.10. The van der Waals surface area contributed by atoms with E-state index >= 15 is 0 Å². The van der Waals surface area contributed by atoms with Crippen LogP contribution in [0.15, 0.2) is 17.5 Å². The van der Waals surface area contributed by atoms with E-state index in [1.165, 1.54) is 4.90 Å². The van der Waals surface area contributed by atoms with E-state index in [9.17, 15) is 14.4 Å². The van der Waals surface area contributed by atoms with Crippen LogP contribution in [-0.4, -0.2) is 28.8 Å². The van der Waals surface area contributed by atoms with Crippen molar-refractivity contribution in [3.05, 3.63) is 22.4 Å². The Bertz CT molecular complexity index is 563. The van der Waals surface area contributed by atoms with Crippen LogP contribution in [0.3, 0.4) is 0 Å². The standard InChI is InChI=1S/C14H16N2O3S/c1-9(8-10-4-2-7-20-10)16-12(18)14(5-3-6-14)11(17)15-13(16)19/h2,4,7,9H,3,5-6,8H2,1H3,(H,15,17,19). The molecule has 1 N–H and O–H groups in total. The maximum absolute atomic E-state index is 12.6. The number of rotatable bonds is 3. The topological polar surface area (TPSA) is 66.5 Å². The molecule has 1 aromatic rings. The average molecular weight is 292 g/mol. The predicted octanol–water partition coefficient (Wildman–Crippen LogP) is 1.93. The van der Waals surface area contributed by atoms with Gasteiger partial charge in [-0.3, -0.25) is 19.8 Å². The molecule has 20 heavy (non-hydrogen) atoms. The Hall–Kier alpha value is -1.69. The van der Waals surface area contributed by atoms with Gasteiger partial charge in [-0.05, 0) is 31.2 Å². The fraction of sp³-hybridized carbons (Fsp3) is 0.500. The summed E-state index contributed by atoms with van der Waals surface area (Å²) in [6.07, 6.45) is 2.59. The average Bonchev–Trinajstić information content (AvgIpc) is 2.78. The van der Waals surface area contributed by atoms with Gasteiger partial charge in [0.05, 0.1) is 0 Å². The summed E-state index contributed by atoms with van der Waals surface area (Å²) in [6.45, 7) is 1.85. The molecule has 106 valence electrons. The monoisotopic (exact) mass is 292 g/mol. The minimum absolute atomic E-state index is 0.244. The zero-order chi connectivity index (χ0) is 14.3. The molecule has 0 radical (unpaired) electrons. The van der Waals surface area contributed by atoms with E-state index in [-0.39, 0.29) is 11.9 Å². The lowest BCUT2D eigenvalue weighted by molar-refractivity contribution is -0.158. The fourth-order valence-corrected chi connectivity index (χ4v) is 3.71. The zero-order valence-corrected chi connectivity index (χ0v) is 12.0. The molecule has 1 spiro atoms. The molecule has 4 amide bonds. The Morgan fingerprint density at radius 3 is 2.70 bits per heavy atom. The predicted molar refractivity (Wildman–Crippen MR) is 74.2 cm³/mol. The first-order valence-electron chi connectivity index (χ1n) is 6.76. The van der Waals surface area contributed by atoms with Crippen LogP contribution < -0.4 is 5.32 Å². The number of nitrogens with zero attached hydrogens (tertiary/aromatic N) is 1. The van der Waals surface area contributed by atoms with Crippen LogP contribution in [0.5, 0.6) is 0 Å². The first kappa shape index (κ1) is 13.3. The molecule has 2 heterocycles. The fourth-order valence-electron chi connectivity index (χ4n) is 2.88. The van der Waals surface area contributed by atoms with Gasteiger partial charge in [0.25, 0.3) is 0 Å². The normalized spacial score (nSPS) is 22.6. The van der Waals surface area contributed by atoms with Crippen molar-refractivity contribution < 1.29 is 14.4 Å². The minimum Gasteiger partial charge on any atom is -0.277 e. The number of carbonyl (C=O) groups is 3. The van der Waals surface area contributed by atoms with Crippen molar-refractivity contribution in [2.75, 3.05) is 0 Å². The van der Waals surface area contributed by atoms with Crippen LogP contribution in [0.4, 0.5) is 4.79 Å². The Labute approximate surface area is 121 Å². The SMILES string of the molecule is CC(Cc1cccs1)N1C(=O)NC(=O)C2(CCC2)C1=O. The number of carbonyl (C=O) groups excluding carboxylic acids is 3. The molecule has 1 aliphatic heterocycles. The summed E-state index contributed by atoms with van der Waals surface area (Å²) in [5.41, 5.74) is -0.975. The van der Waals surface area contributed by atoms with Crippen LogP contribution in [0.25, 0.3) is 0 Å². The highest BCUT2D eigenvalue weighted by Crippen LogP contribution is 2.44. The van der Waals surface area contributed by atoms with Crippen molar-refractivity contribution in [2.24, 2.45) is 5.41 Å². The summed E-state index contributed by atoms with van der Waals surface area (Å²) in [5.74, 6) is -0.736. The van der Waals surface area contributed by atoms with Gasteiger partial charge in [0, 0.05) is 17.3 Å². The number of nitrogens with one attached hydrogen (secondary N) is 1. The highest BCUT2D eigenvalue weighted by Gasteiger charge is 2.57. The van der Waals surface area contributed by atoms with E-state index in [0.29, 0.717) is 19.3 Å². The molecule has 1 atom stereocenters. The molecule has 5 nitrogen and oxygen atoms in total. The van der Waals surface area contributed by atoms with Gasteiger partial charge < -0.3 is 0 Å². The molecular weight excluding hydrogens is 276 g/mol. The quantitative estimate of drug-likeness (QED) is 0.866. The third-order valence-corrected chi connectivity index (χ3v) is 5.13. The second-order valence-corrected chi connectivity index (χ2v) is 6.53. The number of urea groups is 1. The summed E-state index contributed by atoms with van der Waals surface area (Å²) >= 11 is 1.60. The van der Waals surface area contributed by atoms with E-state index in [0.717, 1.165) is 11.3 Å². The molecule has 1 aliphatic carbocycles. The molecule has 3 rings (SSSR count). The highest BCUT2D eigenvalue weighted by molar-refractivity contribution is 7.09. The number of hydrogen-bond donors (Lipinski definition) is 1. The van der Waals surface area contributed by atoms with Crippen molar-refractivity contribution in [3.63, 3.8) is 0 Å². The van der Waals surface area contributed by atoms with Crippen LogP contribution in [-0.2, 0) is 16.0 Å². The minimum atomic E-state index is -0.975. The molecule has 2 fully saturated rings. The van der Waals surface area contributed by atoms with E-state index in [4.69, 9.17) is 0 Å². The van der Waals surface area contributed by atoms with E-state index < -0.39 is 17.4 Å². The molecule has 1 aromatic heterocycles. The number of thiophene rings is 1. The van der Waals surface area contributed by atoms with Crippen LogP contribution in [0.1, 0.15) is 31.1 Å². The lowest BCUT2D eigenvalue weighted by Crippen LogP contribution is -2.67. The molecule has 1 saturated heterocycles. The lowest BCUT2D eigenvalue weighted by Gasteiger charge is -2.46. The van der Waals surface area contributed by atoms with Crippen LogP contribution >= 0.6 is 11.3 Å². The zero-order valence-electron chi connectivity index (χ0n) is 11.2. The van der Waals surface area contributed by atoms with Gasteiger partial charge in [-0.15, -0.1) is 11.3 Å². The smallest absolute Gasteiger partial charge is 0.277 e. The molecular formula is C14H16N2O3S. The van der Waals surface area contributed by atoms with Crippen LogP contribution in [0, 0.1) is 5.41 Å². The summed E-state index contributed by atoms with van der Waals surface area (Å²) in [5, 5.41) is 4.31. The number of hydrogen-bond acceptors (Lipinski definition) is 4. The van der Waals surface area contributed by atoms with Gasteiger partial charge in [0.2, 0.25) is 11.8 Å². The Morgan fingerprint density at radius 2 is 2.15 bits per heavy atom. The van der Waals surface area contributed by atoms with Gasteiger partial charge in [0.15, 0.2) is 0 Å². The van der Waals surface area contributed by atoms with Crippen molar-refractivity contribution in [2.45, 2.75) is 38.6 Å². The summed E-state index contributed by atoms with van der Waals surface area (Å²) in [7, 11) is 0. The third kappa shape index (κ3) is 1.86. The van der Waals surface area contributed by atoms with Crippen molar-refractivity contribution in [1.29, 1.82) is 0 Å². The summed E-state index contributed by atoms with van der Waals surface area (Å²) < 4.78 is 0. The molecule has 1 saturated carbocycles. The van der Waals surface area contributed by atoms with E-state index in [2.05, 4.69) is 5.32 Å². The van der Waals surface area contributed by atoms with E-state index in [1.807, 2.05) is 24.4 Å². The first-order chi connectivity index (χ1) is 9.54. The molecule has 6 heteroatoms. The third-order valence-electron chi connectivity index (χ3n) is 4.23. The molecule has 2 aliphatic rings. The number of barbiturate groups is 1. The summed E-state index contributed by atoms with van der Waals surface area (Å²) in [4.78, 5) is 38.8. The van der Waals surface area contributed by atoms with Gasteiger partial charge in [-0.1, -0.05) is 12.5 Å². The second-order valence-electron chi connectivity index (χ2n) is 5.50. The highest BCUT2D eigenvalue weighted by atomic mass is 32.1. The number of amides is 4. The Balaban J connectivity index is 1.82. The lowest BCUT2D eigenvalue weighted by atomic mass is 9.66. The maximum atomic E-state index is 12.6. The van der Waals surface area contributed by atoms with Crippen molar-refractivity contribution in [3.8, 4) is 0 Å². The van der Waals surface area contributed by atoms with Crippen molar-refractivity contribution >= 4 is 29.2 Å². The van der Waals surface area contributed by atoms with Crippen molar-refractivity contribution in [1.82, 2.24) is 10.2 Å². The molecule has 0 aromatic carbocycles. The Morgan fingerprint density at radius 1 is 1.40 bits per heavy atom. The van der Waals surface area contributed by atoms with Gasteiger partial charge in [0.1, 0.15) is 5.41 Å². The largest absolute Gasteiger partial charge is 0.331 e. The van der Waals surface area contributed by atoms with Gasteiger partial charge >= 0.3 is 6.03 Å². The second kappa shape index (κ2) is 4.70. The Kier molecular flexibility index (Phi) is 3.12. The van der Waals surface area contributed by atoms with E-state index in [1.54, 1.807) is 11.3 Å². The molecule has 0 bridgehead atoms. The van der Waals surface area contributed by atoms with Crippen LogP contribution in [0.2, 0.25) is 0 Å².